The Bertz CT molecular complexity index is 679. The zero-order valence-electron chi connectivity index (χ0n) is 15.3. The highest BCUT2D eigenvalue weighted by atomic mass is 35.5. The van der Waals surface area contributed by atoms with Gasteiger partial charge in [-0.3, -0.25) is 4.79 Å². The summed E-state index contributed by atoms with van der Waals surface area (Å²) in [7, 11) is 3.99. The molecule has 0 aliphatic heterocycles. The van der Waals surface area contributed by atoms with E-state index in [0.717, 1.165) is 23.4 Å². The van der Waals surface area contributed by atoms with E-state index in [0.29, 0.717) is 12.3 Å². The Hall–Kier alpha value is -1.79. The number of aryl methyl sites for hydroxylation is 1. The summed E-state index contributed by atoms with van der Waals surface area (Å²) in [6.45, 7) is 3.42. The number of rotatable bonds is 7. The number of likely N-dealkylation sites (N-methyl/N-ethyl adjacent to an activating group) is 1. The van der Waals surface area contributed by atoms with E-state index in [1.165, 1.54) is 0 Å². The number of carbonyl (C=O) groups is 1. The Labute approximate surface area is 167 Å². The van der Waals surface area contributed by atoms with Crippen molar-refractivity contribution in [3.63, 3.8) is 0 Å². The van der Waals surface area contributed by atoms with E-state index >= 15 is 0 Å². The summed E-state index contributed by atoms with van der Waals surface area (Å²) in [6, 6.07) is 14.3. The molecule has 0 aliphatic rings. The van der Waals surface area contributed by atoms with E-state index < -0.39 is 6.04 Å². The minimum absolute atomic E-state index is 0. The van der Waals surface area contributed by atoms with Crippen LogP contribution in [0.2, 0.25) is 0 Å². The van der Waals surface area contributed by atoms with Crippen molar-refractivity contribution >= 4 is 36.4 Å². The largest absolute Gasteiger partial charge is 0.492 e. The molecule has 2 rings (SSSR count). The van der Waals surface area contributed by atoms with Crippen LogP contribution in [-0.2, 0) is 4.79 Å². The van der Waals surface area contributed by atoms with Gasteiger partial charge in [-0.25, -0.2) is 0 Å². The Morgan fingerprint density at radius 3 is 2.42 bits per heavy atom. The number of halogens is 2. The molecule has 7 heteroatoms. The van der Waals surface area contributed by atoms with Crippen molar-refractivity contribution in [2.75, 3.05) is 32.6 Å². The molecule has 0 radical (unpaired) electrons. The number of nitrogens with zero attached hydrogens (tertiary/aromatic N) is 1. The molecule has 0 heterocycles. The topological polar surface area (TPSA) is 67.6 Å². The van der Waals surface area contributed by atoms with Crippen LogP contribution in [0.5, 0.6) is 5.75 Å². The van der Waals surface area contributed by atoms with Crippen molar-refractivity contribution in [1.82, 2.24) is 4.90 Å². The maximum atomic E-state index is 12.3. The molecule has 0 saturated carbocycles. The van der Waals surface area contributed by atoms with Crippen LogP contribution in [0.1, 0.15) is 17.2 Å². The number of nitrogens with two attached hydrogens (primary N) is 1. The van der Waals surface area contributed by atoms with Gasteiger partial charge in [-0.2, -0.15) is 0 Å². The lowest BCUT2D eigenvalue weighted by Gasteiger charge is -2.14. The first-order chi connectivity index (χ1) is 11.5. The number of ether oxygens (including phenoxy) is 1. The highest BCUT2D eigenvalue weighted by Gasteiger charge is 2.15. The molecule has 1 unspecified atom stereocenters. The van der Waals surface area contributed by atoms with Crippen LogP contribution in [0.15, 0.2) is 48.5 Å². The van der Waals surface area contributed by atoms with Gasteiger partial charge in [-0.05, 0) is 38.7 Å². The normalized spacial score (nSPS) is 11.1. The molecule has 1 atom stereocenters. The number of amides is 1. The van der Waals surface area contributed by atoms with Crippen LogP contribution >= 0.6 is 24.8 Å². The van der Waals surface area contributed by atoms with Crippen LogP contribution in [-0.4, -0.2) is 38.1 Å². The predicted octanol–water partition coefficient (Wildman–Crippen LogP) is 3.42. The molecule has 0 spiro atoms. The first-order valence-electron chi connectivity index (χ1n) is 7.96. The monoisotopic (exact) mass is 399 g/mol. The van der Waals surface area contributed by atoms with Crippen molar-refractivity contribution < 1.29 is 9.53 Å². The highest BCUT2D eigenvalue weighted by Crippen LogP contribution is 2.19. The maximum absolute atomic E-state index is 12.3. The molecule has 0 aromatic heterocycles. The average molecular weight is 400 g/mol. The molecule has 0 saturated heterocycles. The molecule has 2 aromatic rings. The van der Waals surface area contributed by atoms with Gasteiger partial charge in [0.2, 0.25) is 5.91 Å². The fraction of sp³-hybridized carbons (Fsp3) is 0.316. The fourth-order valence-electron chi connectivity index (χ4n) is 2.15. The second kappa shape index (κ2) is 11.8. The van der Waals surface area contributed by atoms with Crippen LogP contribution in [0.3, 0.4) is 0 Å². The minimum Gasteiger partial charge on any atom is -0.492 e. The molecule has 1 amide bonds. The van der Waals surface area contributed by atoms with Gasteiger partial charge in [-0.15, -0.1) is 24.8 Å². The first kappa shape index (κ1) is 24.2. The third-order valence-corrected chi connectivity index (χ3v) is 3.63. The van der Waals surface area contributed by atoms with Crippen LogP contribution < -0.4 is 15.8 Å². The molecule has 3 N–H and O–H groups in total. The Morgan fingerprint density at radius 2 is 1.81 bits per heavy atom. The van der Waals surface area contributed by atoms with Gasteiger partial charge in [0, 0.05) is 18.3 Å². The smallest absolute Gasteiger partial charge is 0.245 e. The second-order valence-electron chi connectivity index (χ2n) is 6.06. The van der Waals surface area contributed by atoms with Crippen molar-refractivity contribution in [3.8, 4) is 5.75 Å². The third-order valence-electron chi connectivity index (χ3n) is 3.63. The van der Waals surface area contributed by atoms with E-state index in [9.17, 15) is 4.79 Å². The van der Waals surface area contributed by atoms with E-state index in [1.54, 1.807) is 6.07 Å². The Balaban J connectivity index is 0.00000312. The van der Waals surface area contributed by atoms with Gasteiger partial charge < -0.3 is 20.7 Å². The van der Waals surface area contributed by atoms with E-state index in [2.05, 4.69) is 5.32 Å². The number of anilines is 1. The molecule has 5 nitrogen and oxygen atoms in total. The summed E-state index contributed by atoms with van der Waals surface area (Å²) in [6.07, 6.45) is 0. The van der Waals surface area contributed by atoms with Crippen molar-refractivity contribution in [2.24, 2.45) is 5.73 Å². The van der Waals surface area contributed by atoms with Gasteiger partial charge in [-0.1, -0.05) is 35.9 Å². The van der Waals surface area contributed by atoms with Crippen molar-refractivity contribution in [3.05, 3.63) is 59.7 Å². The Morgan fingerprint density at radius 1 is 1.15 bits per heavy atom. The average Bonchev–Trinajstić information content (AvgIpc) is 2.55. The lowest BCUT2D eigenvalue weighted by atomic mass is 10.1. The van der Waals surface area contributed by atoms with Gasteiger partial charge >= 0.3 is 0 Å². The van der Waals surface area contributed by atoms with E-state index in [1.807, 2.05) is 68.4 Å². The minimum atomic E-state index is -0.705. The van der Waals surface area contributed by atoms with Gasteiger partial charge in [0.1, 0.15) is 18.4 Å². The van der Waals surface area contributed by atoms with Crippen molar-refractivity contribution in [2.45, 2.75) is 13.0 Å². The SMILES string of the molecule is Cc1ccc(C(N)C(=O)Nc2cccc(OCCN(C)C)c2)cc1.Cl.Cl. The molecular formula is C19H27Cl2N3O2. The number of benzene rings is 2. The standard InChI is InChI=1S/C19H25N3O2.2ClH/c1-14-7-9-15(10-8-14)18(20)19(23)21-16-5-4-6-17(13-16)24-12-11-22(2)3;;/h4-10,13,18H,11-12,20H2,1-3H3,(H,21,23);2*1H. The van der Waals surface area contributed by atoms with Gasteiger partial charge in [0.05, 0.1) is 0 Å². The maximum Gasteiger partial charge on any atom is 0.245 e. The molecular weight excluding hydrogens is 373 g/mol. The molecule has 0 bridgehead atoms. The summed E-state index contributed by atoms with van der Waals surface area (Å²) in [5, 5.41) is 2.84. The predicted molar refractivity (Wildman–Crippen MR) is 112 cm³/mol. The van der Waals surface area contributed by atoms with E-state index in [-0.39, 0.29) is 30.7 Å². The zero-order chi connectivity index (χ0) is 17.5. The van der Waals surface area contributed by atoms with Gasteiger partial charge in [0.25, 0.3) is 0 Å². The van der Waals surface area contributed by atoms with Crippen LogP contribution in [0.25, 0.3) is 0 Å². The second-order valence-corrected chi connectivity index (χ2v) is 6.06. The van der Waals surface area contributed by atoms with Crippen LogP contribution in [0, 0.1) is 6.92 Å². The van der Waals surface area contributed by atoms with Crippen molar-refractivity contribution in [1.29, 1.82) is 0 Å². The number of hydrogen-bond acceptors (Lipinski definition) is 4. The zero-order valence-corrected chi connectivity index (χ0v) is 16.9. The summed E-state index contributed by atoms with van der Waals surface area (Å²) < 4.78 is 5.67. The number of carbonyl (C=O) groups excluding carboxylic acids is 1. The first-order valence-corrected chi connectivity index (χ1v) is 7.96. The lowest BCUT2D eigenvalue weighted by molar-refractivity contribution is -0.117. The summed E-state index contributed by atoms with van der Waals surface area (Å²) in [5.41, 5.74) is 8.63. The fourth-order valence-corrected chi connectivity index (χ4v) is 2.15. The highest BCUT2D eigenvalue weighted by molar-refractivity contribution is 5.95. The van der Waals surface area contributed by atoms with Crippen LogP contribution in [0.4, 0.5) is 5.69 Å². The third kappa shape index (κ3) is 7.62. The van der Waals surface area contributed by atoms with E-state index in [4.69, 9.17) is 10.5 Å². The molecule has 0 aliphatic carbocycles. The van der Waals surface area contributed by atoms with Gasteiger partial charge in [0.15, 0.2) is 0 Å². The molecule has 144 valence electrons. The lowest BCUT2D eigenvalue weighted by Crippen LogP contribution is -2.27. The summed E-state index contributed by atoms with van der Waals surface area (Å²) in [4.78, 5) is 14.4. The summed E-state index contributed by atoms with van der Waals surface area (Å²) in [5.74, 6) is 0.475. The number of nitrogens with one attached hydrogen (secondary N) is 1. The Kier molecular flexibility index (Phi) is 10.9. The quantitative estimate of drug-likeness (QED) is 0.748. The molecule has 26 heavy (non-hydrogen) atoms. The molecule has 0 fully saturated rings. The molecule has 2 aromatic carbocycles. The number of hydrogen-bond donors (Lipinski definition) is 2. The summed E-state index contributed by atoms with van der Waals surface area (Å²) >= 11 is 0.